The molecular weight excluding hydrogens is 512 g/mol. The fourth-order valence-corrected chi connectivity index (χ4v) is 6.23. The molecule has 35 heavy (non-hydrogen) atoms. The Morgan fingerprint density at radius 2 is 1.91 bits per heavy atom. The van der Waals surface area contributed by atoms with Crippen LogP contribution < -0.4 is 13.8 Å². The topological polar surface area (TPSA) is 106 Å². The molecule has 0 radical (unpaired) electrons. The predicted molar refractivity (Wildman–Crippen MR) is 137 cm³/mol. The van der Waals surface area contributed by atoms with Crippen LogP contribution in [-0.2, 0) is 16.6 Å². The van der Waals surface area contributed by atoms with Crippen LogP contribution in [0.4, 0.5) is 5.69 Å². The Kier molecular flexibility index (Phi) is 8.30. The number of halogens is 1. The highest BCUT2D eigenvalue weighted by atomic mass is 35.5. The van der Waals surface area contributed by atoms with Crippen molar-refractivity contribution >= 4 is 44.6 Å². The van der Waals surface area contributed by atoms with Gasteiger partial charge in [-0.3, -0.25) is 4.31 Å². The SMILES string of the molecule is COc1cc(C(=O)O)ccc1COc1cc(C)c(Cl)cc1N(CC(C)C)S(=O)(=O)c1nc(C)cs1. The molecule has 0 unspecified atom stereocenters. The Labute approximate surface area is 214 Å². The Bertz CT molecular complexity index is 1340. The summed E-state index contributed by atoms with van der Waals surface area (Å²) in [6.45, 7) is 7.58. The van der Waals surface area contributed by atoms with Gasteiger partial charge in [0.1, 0.15) is 18.1 Å². The lowest BCUT2D eigenvalue weighted by atomic mass is 10.1. The molecule has 0 aliphatic heterocycles. The van der Waals surface area contributed by atoms with E-state index in [0.29, 0.717) is 39.0 Å². The molecule has 0 saturated heterocycles. The quantitative estimate of drug-likeness (QED) is 0.360. The van der Waals surface area contributed by atoms with Gasteiger partial charge in [-0.15, -0.1) is 11.3 Å². The Balaban J connectivity index is 2.06. The van der Waals surface area contributed by atoms with Gasteiger partial charge in [0.2, 0.25) is 4.34 Å². The number of carboxylic acid groups (broad SMARTS) is 1. The molecule has 188 valence electrons. The third-order valence-corrected chi connectivity index (χ3v) is 8.60. The van der Waals surface area contributed by atoms with Crippen LogP contribution in [0.15, 0.2) is 40.1 Å². The molecule has 1 heterocycles. The smallest absolute Gasteiger partial charge is 0.335 e. The van der Waals surface area contributed by atoms with Crippen LogP contribution in [0.5, 0.6) is 11.5 Å². The van der Waals surface area contributed by atoms with E-state index in [9.17, 15) is 18.3 Å². The van der Waals surface area contributed by atoms with Gasteiger partial charge in [0.05, 0.1) is 18.4 Å². The van der Waals surface area contributed by atoms with Gasteiger partial charge in [-0.1, -0.05) is 31.5 Å². The van der Waals surface area contributed by atoms with E-state index in [-0.39, 0.29) is 29.0 Å². The average molecular weight is 539 g/mol. The van der Waals surface area contributed by atoms with Crippen molar-refractivity contribution in [2.75, 3.05) is 18.0 Å². The van der Waals surface area contributed by atoms with E-state index in [4.69, 9.17) is 21.1 Å². The van der Waals surface area contributed by atoms with Crippen LogP contribution in [0.2, 0.25) is 5.02 Å². The van der Waals surface area contributed by atoms with E-state index in [2.05, 4.69) is 4.98 Å². The molecule has 1 N–H and O–H groups in total. The number of carbonyl (C=O) groups is 1. The number of aryl methyl sites for hydroxylation is 2. The number of anilines is 1. The van der Waals surface area contributed by atoms with E-state index in [1.54, 1.807) is 37.4 Å². The second-order valence-electron chi connectivity index (χ2n) is 8.37. The van der Waals surface area contributed by atoms with Crippen LogP contribution in [0.1, 0.15) is 41.0 Å². The maximum Gasteiger partial charge on any atom is 0.335 e. The zero-order valence-electron chi connectivity index (χ0n) is 20.0. The van der Waals surface area contributed by atoms with Crippen molar-refractivity contribution in [1.29, 1.82) is 0 Å². The average Bonchev–Trinajstić information content (AvgIpc) is 3.25. The third-order valence-electron chi connectivity index (χ3n) is 5.07. The molecule has 0 aliphatic carbocycles. The van der Waals surface area contributed by atoms with Gasteiger partial charge >= 0.3 is 5.97 Å². The molecule has 0 aliphatic rings. The fourth-order valence-electron chi connectivity index (χ4n) is 3.31. The number of ether oxygens (including phenoxy) is 2. The van der Waals surface area contributed by atoms with Crippen molar-refractivity contribution < 1.29 is 27.8 Å². The van der Waals surface area contributed by atoms with Crippen LogP contribution in [0, 0.1) is 19.8 Å². The molecule has 3 rings (SSSR count). The predicted octanol–water partition coefficient (Wildman–Crippen LogP) is 5.55. The lowest BCUT2D eigenvalue weighted by molar-refractivity contribution is 0.0696. The minimum atomic E-state index is -3.98. The summed E-state index contributed by atoms with van der Waals surface area (Å²) in [5.41, 5.74) is 2.31. The first kappa shape index (κ1) is 26.8. The van der Waals surface area contributed by atoms with Crippen molar-refractivity contribution in [2.24, 2.45) is 5.92 Å². The molecule has 0 atom stereocenters. The number of benzene rings is 2. The molecule has 0 bridgehead atoms. The standard InChI is InChI=1S/C24H27ClN2O6S2/c1-14(2)11-27(35(30,31)24-26-16(4)13-34-24)20-10-19(25)15(3)8-22(20)33-12-18-7-6-17(23(28)29)9-21(18)32-5/h6-10,13-14H,11-12H2,1-5H3,(H,28,29). The third kappa shape index (κ3) is 6.06. The summed E-state index contributed by atoms with van der Waals surface area (Å²) in [6.07, 6.45) is 0. The van der Waals surface area contributed by atoms with Gasteiger partial charge in [-0.2, -0.15) is 8.42 Å². The molecular formula is C24H27ClN2O6S2. The molecule has 0 spiro atoms. The molecule has 11 heteroatoms. The van der Waals surface area contributed by atoms with Crippen LogP contribution in [0.3, 0.4) is 0 Å². The Hall–Kier alpha value is -2.82. The number of carboxylic acids is 1. The largest absolute Gasteiger partial charge is 0.496 e. The number of methoxy groups -OCH3 is 1. The highest BCUT2D eigenvalue weighted by Gasteiger charge is 2.31. The van der Waals surface area contributed by atoms with Crippen molar-refractivity contribution in [2.45, 2.75) is 38.6 Å². The first-order valence-electron chi connectivity index (χ1n) is 10.7. The summed E-state index contributed by atoms with van der Waals surface area (Å²) in [5, 5.41) is 11.3. The van der Waals surface area contributed by atoms with Gasteiger partial charge in [-0.25, -0.2) is 9.78 Å². The molecule has 8 nitrogen and oxygen atoms in total. The highest BCUT2D eigenvalue weighted by molar-refractivity contribution is 7.94. The van der Waals surface area contributed by atoms with Crippen LogP contribution in [-0.4, -0.2) is 38.1 Å². The van der Waals surface area contributed by atoms with E-state index in [1.807, 2.05) is 13.8 Å². The Morgan fingerprint density at radius 1 is 1.20 bits per heavy atom. The maximum absolute atomic E-state index is 13.6. The monoisotopic (exact) mass is 538 g/mol. The number of sulfonamides is 1. The summed E-state index contributed by atoms with van der Waals surface area (Å²) < 4.78 is 39.9. The molecule has 0 amide bonds. The number of nitrogens with zero attached hydrogens (tertiary/aromatic N) is 2. The van der Waals surface area contributed by atoms with Crippen molar-refractivity contribution in [3.05, 3.63) is 63.1 Å². The molecule has 0 saturated carbocycles. The van der Waals surface area contributed by atoms with Crippen molar-refractivity contribution in [1.82, 2.24) is 4.98 Å². The molecule has 3 aromatic rings. The van der Waals surface area contributed by atoms with E-state index < -0.39 is 16.0 Å². The normalized spacial score (nSPS) is 11.5. The zero-order chi connectivity index (χ0) is 25.9. The number of hydrogen-bond donors (Lipinski definition) is 1. The summed E-state index contributed by atoms with van der Waals surface area (Å²) >= 11 is 7.47. The minimum Gasteiger partial charge on any atom is -0.496 e. The number of aromatic nitrogens is 1. The van der Waals surface area contributed by atoms with Crippen molar-refractivity contribution in [3.63, 3.8) is 0 Å². The van der Waals surface area contributed by atoms with Gasteiger partial charge in [0.25, 0.3) is 10.0 Å². The fraction of sp³-hybridized carbons (Fsp3) is 0.333. The van der Waals surface area contributed by atoms with Gasteiger partial charge < -0.3 is 14.6 Å². The van der Waals surface area contributed by atoms with E-state index in [0.717, 1.165) is 11.3 Å². The van der Waals surface area contributed by atoms with Gasteiger partial charge in [0, 0.05) is 28.2 Å². The lowest BCUT2D eigenvalue weighted by Crippen LogP contribution is -2.34. The molecule has 1 aromatic heterocycles. The maximum atomic E-state index is 13.6. The first-order valence-corrected chi connectivity index (χ1v) is 13.4. The Morgan fingerprint density at radius 3 is 2.49 bits per heavy atom. The molecule has 0 fully saturated rings. The second kappa shape index (κ2) is 10.8. The second-order valence-corrected chi connectivity index (χ2v) is 11.7. The lowest BCUT2D eigenvalue weighted by Gasteiger charge is -2.27. The van der Waals surface area contributed by atoms with Crippen LogP contribution >= 0.6 is 22.9 Å². The zero-order valence-corrected chi connectivity index (χ0v) is 22.4. The summed E-state index contributed by atoms with van der Waals surface area (Å²) in [7, 11) is -2.54. The summed E-state index contributed by atoms with van der Waals surface area (Å²) in [6, 6.07) is 7.74. The van der Waals surface area contributed by atoms with Crippen molar-refractivity contribution in [3.8, 4) is 11.5 Å². The van der Waals surface area contributed by atoms with Gasteiger partial charge in [0.15, 0.2) is 0 Å². The minimum absolute atomic E-state index is 0.00224. The highest BCUT2D eigenvalue weighted by Crippen LogP contribution is 2.38. The number of rotatable bonds is 10. The number of aromatic carboxylic acids is 1. The van der Waals surface area contributed by atoms with E-state index >= 15 is 0 Å². The van der Waals surface area contributed by atoms with Gasteiger partial charge in [-0.05, 0) is 49.6 Å². The number of hydrogen-bond acceptors (Lipinski definition) is 7. The van der Waals surface area contributed by atoms with Crippen LogP contribution in [0.25, 0.3) is 0 Å². The summed E-state index contributed by atoms with van der Waals surface area (Å²) in [5.74, 6) is -0.406. The molecule has 2 aromatic carbocycles. The first-order chi connectivity index (χ1) is 16.4. The van der Waals surface area contributed by atoms with E-state index in [1.165, 1.54) is 23.5 Å². The summed E-state index contributed by atoms with van der Waals surface area (Å²) in [4.78, 5) is 15.5. The number of thiazole rings is 1.